The molecule has 39 heavy (non-hydrogen) atoms. The molecule has 2 unspecified atom stereocenters. The van der Waals surface area contributed by atoms with Crippen LogP contribution in [0, 0.1) is 0 Å². The van der Waals surface area contributed by atoms with Crippen molar-refractivity contribution in [3.8, 4) is 11.5 Å². The van der Waals surface area contributed by atoms with E-state index in [1.165, 1.54) is 11.1 Å². The van der Waals surface area contributed by atoms with Crippen LogP contribution in [0.3, 0.4) is 0 Å². The molecule has 3 heterocycles. The molecule has 0 aromatic heterocycles. The highest BCUT2D eigenvalue weighted by atomic mass is 19.1. The SMILES string of the molecule is CC(O)CN1CC[C@@H](Oc2ccc3c(c2)O[C@H](C)CN(CC(O)CN2CCc4ccccc4C2)C3=O)[C@H](F)C1. The predicted molar refractivity (Wildman–Crippen MR) is 146 cm³/mol. The number of carbonyl (C=O) groups excluding carboxylic acids is 1. The maximum absolute atomic E-state index is 14.8. The highest BCUT2D eigenvalue weighted by Crippen LogP contribution is 2.31. The van der Waals surface area contributed by atoms with E-state index in [2.05, 4.69) is 23.1 Å². The average Bonchev–Trinajstić information content (AvgIpc) is 3.00. The van der Waals surface area contributed by atoms with Gasteiger partial charge in [-0.15, -0.1) is 0 Å². The van der Waals surface area contributed by atoms with Crippen LogP contribution in [0.5, 0.6) is 11.5 Å². The lowest BCUT2D eigenvalue weighted by molar-refractivity contribution is 0.00720. The number of carbonyl (C=O) groups is 1. The maximum atomic E-state index is 14.8. The summed E-state index contributed by atoms with van der Waals surface area (Å²) in [5.74, 6) is 0.680. The first-order chi connectivity index (χ1) is 18.7. The molecular formula is C30H40FN3O5. The van der Waals surface area contributed by atoms with E-state index in [0.717, 1.165) is 19.5 Å². The molecule has 0 aliphatic carbocycles. The van der Waals surface area contributed by atoms with E-state index in [9.17, 15) is 19.4 Å². The van der Waals surface area contributed by atoms with Crippen molar-refractivity contribution in [3.63, 3.8) is 0 Å². The Balaban J connectivity index is 1.20. The van der Waals surface area contributed by atoms with E-state index < -0.39 is 24.5 Å². The fourth-order valence-electron chi connectivity index (χ4n) is 5.94. The number of likely N-dealkylation sites (tertiary alicyclic amines) is 1. The standard InChI is InChI=1S/C30H40FN3O5/c1-20(35)14-32-12-10-28(27(31)19-32)39-25-7-8-26-29(13-25)38-21(2)15-34(30(26)37)18-24(36)17-33-11-9-22-5-3-4-6-23(22)16-33/h3-8,13,20-21,24,27-28,35-36H,9-12,14-19H2,1-2H3/t20?,21-,24?,27-,28-/m1/s1. The van der Waals surface area contributed by atoms with Crippen molar-refractivity contribution in [1.82, 2.24) is 14.7 Å². The van der Waals surface area contributed by atoms with Crippen LogP contribution in [0.4, 0.5) is 4.39 Å². The number of hydrogen-bond donors (Lipinski definition) is 2. The lowest BCUT2D eigenvalue weighted by Crippen LogP contribution is -2.48. The summed E-state index contributed by atoms with van der Waals surface area (Å²) in [6.07, 6.45) is -1.77. The third-order valence-corrected chi connectivity index (χ3v) is 7.76. The molecular weight excluding hydrogens is 501 g/mol. The average molecular weight is 542 g/mol. The molecule has 8 nitrogen and oxygen atoms in total. The smallest absolute Gasteiger partial charge is 0.257 e. The number of fused-ring (bicyclic) bond motifs is 2. The first-order valence-electron chi connectivity index (χ1n) is 14.0. The summed E-state index contributed by atoms with van der Waals surface area (Å²) < 4.78 is 26.9. The van der Waals surface area contributed by atoms with Gasteiger partial charge in [-0.2, -0.15) is 0 Å². The third kappa shape index (κ3) is 6.90. The van der Waals surface area contributed by atoms with Gasteiger partial charge in [-0.3, -0.25) is 14.6 Å². The molecule has 0 saturated carbocycles. The van der Waals surface area contributed by atoms with Crippen LogP contribution < -0.4 is 9.47 Å². The monoisotopic (exact) mass is 541 g/mol. The number of amides is 1. The van der Waals surface area contributed by atoms with E-state index in [1.807, 2.05) is 17.9 Å². The van der Waals surface area contributed by atoms with Crippen molar-refractivity contribution in [1.29, 1.82) is 0 Å². The second-order valence-corrected chi connectivity index (χ2v) is 11.3. The number of aliphatic hydroxyl groups excluding tert-OH is 2. The Morgan fingerprint density at radius 3 is 2.62 bits per heavy atom. The minimum absolute atomic E-state index is 0.196. The molecule has 3 aliphatic heterocycles. The lowest BCUT2D eigenvalue weighted by atomic mass is 10.00. The van der Waals surface area contributed by atoms with Crippen molar-refractivity contribution in [2.75, 3.05) is 45.8 Å². The molecule has 1 fully saturated rings. The fourth-order valence-corrected chi connectivity index (χ4v) is 5.94. The predicted octanol–water partition coefficient (Wildman–Crippen LogP) is 2.50. The van der Waals surface area contributed by atoms with E-state index >= 15 is 0 Å². The van der Waals surface area contributed by atoms with Gasteiger partial charge in [-0.25, -0.2) is 4.39 Å². The van der Waals surface area contributed by atoms with Gasteiger partial charge >= 0.3 is 0 Å². The second-order valence-electron chi connectivity index (χ2n) is 11.3. The summed E-state index contributed by atoms with van der Waals surface area (Å²) in [7, 11) is 0. The van der Waals surface area contributed by atoms with Crippen LogP contribution in [0.15, 0.2) is 42.5 Å². The number of aliphatic hydroxyl groups is 2. The van der Waals surface area contributed by atoms with E-state index in [4.69, 9.17) is 9.47 Å². The van der Waals surface area contributed by atoms with Crippen molar-refractivity contribution < 1.29 is 28.9 Å². The largest absolute Gasteiger partial charge is 0.488 e. The molecule has 0 spiro atoms. The number of piperidine rings is 1. The van der Waals surface area contributed by atoms with Crippen LogP contribution in [-0.4, -0.2) is 107 Å². The molecule has 5 rings (SSSR count). The van der Waals surface area contributed by atoms with E-state index in [-0.39, 0.29) is 25.1 Å². The fraction of sp³-hybridized carbons (Fsp3) is 0.567. The first-order valence-corrected chi connectivity index (χ1v) is 14.0. The van der Waals surface area contributed by atoms with Gasteiger partial charge < -0.3 is 24.6 Å². The minimum atomic E-state index is -1.18. The Hall–Kier alpha value is -2.72. The number of alkyl halides is 1. The van der Waals surface area contributed by atoms with Crippen molar-refractivity contribution in [2.24, 2.45) is 0 Å². The number of hydrogen-bond acceptors (Lipinski definition) is 7. The Morgan fingerprint density at radius 1 is 1.05 bits per heavy atom. The molecule has 2 aromatic carbocycles. The van der Waals surface area contributed by atoms with Crippen LogP contribution in [-0.2, 0) is 13.0 Å². The molecule has 2 N–H and O–H groups in total. The Morgan fingerprint density at radius 2 is 1.85 bits per heavy atom. The van der Waals surface area contributed by atoms with Crippen LogP contribution in [0.1, 0.15) is 41.8 Å². The van der Waals surface area contributed by atoms with Crippen LogP contribution in [0.2, 0.25) is 0 Å². The summed E-state index contributed by atoms with van der Waals surface area (Å²) in [4.78, 5) is 19.2. The molecule has 1 amide bonds. The Kier molecular flexibility index (Phi) is 8.71. The van der Waals surface area contributed by atoms with E-state index in [1.54, 1.807) is 30.0 Å². The zero-order chi connectivity index (χ0) is 27.5. The molecule has 2 aromatic rings. The van der Waals surface area contributed by atoms with Gasteiger partial charge in [0.25, 0.3) is 5.91 Å². The highest BCUT2D eigenvalue weighted by molar-refractivity contribution is 5.97. The first kappa shape index (κ1) is 27.8. The number of halogens is 1. The zero-order valence-corrected chi connectivity index (χ0v) is 22.8. The number of ether oxygens (including phenoxy) is 2. The number of benzene rings is 2. The highest BCUT2D eigenvalue weighted by Gasteiger charge is 2.33. The molecule has 9 heteroatoms. The Bertz CT molecular complexity index is 1150. The Labute approximate surface area is 229 Å². The lowest BCUT2D eigenvalue weighted by Gasteiger charge is -2.35. The second kappa shape index (κ2) is 12.2. The molecule has 3 aliphatic rings. The van der Waals surface area contributed by atoms with Gasteiger partial charge in [0.05, 0.1) is 24.3 Å². The van der Waals surface area contributed by atoms with Gasteiger partial charge in [0.1, 0.15) is 29.9 Å². The van der Waals surface area contributed by atoms with Gasteiger partial charge in [0.2, 0.25) is 0 Å². The van der Waals surface area contributed by atoms with Gasteiger partial charge in [0.15, 0.2) is 0 Å². The number of rotatable bonds is 8. The van der Waals surface area contributed by atoms with Gasteiger partial charge in [0, 0.05) is 51.9 Å². The quantitative estimate of drug-likeness (QED) is 0.531. The summed E-state index contributed by atoms with van der Waals surface area (Å²) in [5, 5.41) is 20.5. The summed E-state index contributed by atoms with van der Waals surface area (Å²) >= 11 is 0. The maximum Gasteiger partial charge on any atom is 0.257 e. The summed E-state index contributed by atoms with van der Waals surface area (Å²) in [6, 6.07) is 13.4. The summed E-state index contributed by atoms with van der Waals surface area (Å²) in [5.41, 5.74) is 3.07. The van der Waals surface area contributed by atoms with Crippen LogP contribution in [0.25, 0.3) is 0 Å². The molecule has 212 valence electrons. The number of nitrogens with zero attached hydrogens (tertiary/aromatic N) is 3. The van der Waals surface area contributed by atoms with E-state index in [0.29, 0.717) is 49.7 Å². The third-order valence-electron chi connectivity index (χ3n) is 7.76. The molecule has 0 radical (unpaired) electrons. The zero-order valence-electron chi connectivity index (χ0n) is 22.8. The number of β-amino-alcohol motifs (C(OH)–C–C–N with tert-alkyl or cyclic N) is 2. The van der Waals surface area contributed by atoms with Crippen molar-refractivity contribution in [2.45, 2.75) is 63.8 Å². The normalized spacial score (nSPS) is 25.7. The van der Waals surface area contributed by atoms with Crippen molar-refractivity contribution in [3.05, 3.63) is 59.2 Å². The van der Waals surface area contributed by atoms with Gasteiger partial charge in [-0.1, -0.05) is 24.3 Å². The van der Waals surface area contributed by atoms with Crippen molar-refractivity contribution >= 4 is 5.91 Å². The van der Waals surface area contributed by atoms with Gasteiger partial charge in [-0.05, 0) is 49.9 Å². The summed E-state index contributed by atoms with van der Waals surface area (Å²) in [6.45, 7) is 7.65. The van der Waals surface area contributed by atoms with Crippen LogP contribution >= 0.6 is 0 Å². The molecule has 0 bridgehead atoms. The minimum Gasteiger partial charge on any atom is -0.488 e. The molecule has 1 saturated heterocycles. The topological polar surface area (TPSA) is 85.7 Å². The molecule has 5 atom stereocenters.